The summed E-state index contributed by atoms with van der Waals surface area (Å²) in [5.41, 5.74) is 2.42. The van der Waals surface area contributed by atoms with Crippen LogP contribution in [-0.2, 0) is 9.53 Å². The van der Waals surface area contributed by atoms with E-state index in [1.165, 1.54) is 37.5 Å². The van der Waals surface area contributed by atoms with Crippen molar-refractivity contribution < 1.29 is 32.7 Å². The summed E-state index contributed by atoms with van der Waals surface area (Å²) in [6, 6.07) is 14.1. The number of aromatic nitrogens is 1. The van der Waals surface area contributed by atoms with Crippen LogP contribution >= 0.6 is 0 Å². The maximum atomic E-state index is 13.9. The number of aromatic amines is 1. The highest BCUT2D eigenvalue weighted by Crippen LogP contribution is 2.35. The Balaban J connectivity index is 2.20. The zero-order chi connectivity index (χ0) is 32.3. The molecule has 0 spiro atoms. The summed E-state index contributed by atoms with van der Waals surface area (Å²) in [6.45, 7) is 8.95. The number of ether oxygens (including phenoxy) is 1. The van der Waals surface area contributed by atoms with Crippen LogP contribution in [0.3, 0.4) is 0 Å². The van der Waals surface area contributed by atoms with Crippen molar-refractivity contribution in [2.24, 2.45) is 0 Å². The van der Waals surface area contributed by atoms with Gasteiger partial charge in [0, 0.05) is 40.9 Å². The SMILES string of the molecule is CNC(=O)c1c(C)cc(-c2cccc(C(=O)NC(C)(C)C)c2)c2[nH]cc(C(=O)C(=O)OC)c2c(C)oc1-c1ccc(F)cc1. The number of carbonyl (C=O) groups is 4. The van der Waals surface area contributed by atoms with Crippen molar-refractivity contribution in [2.45, 2.75) is 40.2 Å². The number of aryl methyl sites for hydroxylation is 2. The molecule has 4 rings (SSSR count). The largest absolute Gasteiger partial charge is 0.463 e. The number of benzene rings is 2. The molecule has 0 aliphatic carbocycles. The first kappa shape index (κ1) is 31.7. The fourth-order valence-electron chi connectivity index (χ4n) is 4.86. The normalized spacial score (nSPS) is 11.1. The fraction of sp³-hybridized carbons (Fsp3) is 0.235. The summed E-state index contributed by atoms with van der Waals surface area (Å²) < 4.78 is 25.0. The Morgan fingerprint density at radius 1 is 0.932 bits per heavy atom. The highest BCUT2D eigenvalue weighted by atomic mass is 19.1. The number of methoxy groups -OCH3 is 1. The number of hydrogen-bond donors (Lipinski definition) is 3. The van der Waals surface area contributed by atoms with Crippen molar-refractivity contribution in [3.05, 3.63) is 94.6 Å². The molecule has 0 bridgehead atoms. The van der Waals surface area contributed by atoms with Gasteiger partial charge >= 0.3 is 5.97 Å². The Hall–Kier alpha value is -5.25. The highest BCUT2D eigenvalue weighted by Gasteiger charge is 2.25. The zero-order valence-electron chi connectivity index (χ0n) is 25.6. The molecule has 2 heterocycles. The maximum Gasteiger partial charge on any atom is 0.379 e. The number of fused-ring (bicyclic) bond motifs is 1. The second kappa shape index (κ2) is 12.5. The lowest BCUT2D eigenvalue weighted by atomic mass is 9.97. The van der Waals surface area contributed by atoms with Crippen LogP contribution in [-0.4, -0.2) is 48.2 Å². The molecule has 228 valence electrons. The number of H-pyrrole nitrogens is 1. The minimum absolute atomic E-state index is 0.0172. The highest BCUT2D eigenvalue weighted by molar-refractivity contribution is 6.43. The molecule has 0 atom stereocenters. The molecular formula is C34H34FN3O6. The molecule has 9 nitrogen and oxygen atoms in total. The van der Waals surface area contributed by atoms with E-state index in [1.807, 2.05) is 20.8 Å². The van der Waals surface area contributed by atoms with Crippen LogP contribution in [0.1, 0.15) is 63.2 Å². The minimum Gasteiger partial charge on any atom is -0.463 e. The van der Waals surface area contributed by atoms with Crippen molar-refractivity contribution in [1.29, 1.82) is 0 Å². The lowest BCUT2D eigenvalue weighted by Gasteiger charge is -2.20. The molecule has 10 heteroatoms. The summed E-state index contributed by atoms with van der Waals surface area (Å²) >= 11 is 0. The van der Waals surface area contributed by atoms with Crippen LogP contribution in [0.2, 0.25) is 0 Å². The molecule has 0 unspecified atom stereocenters. The summed E-state index contributed by atoms with van der Waals surface area (Å²) in [6.07, 6.45) is 1.39. The van der Waals surface area contributed by atoms with Gasteiger partial charge in [-0.1, -0.05) is 12.1 Å². The predicted octanol–water partition coefficient (Wildman–Crippen LogP) is 6.22. The van der Waals surface area contributed by atoms with Gasteiger partial charge in [-0.25, -0.2) is 9.18 Å². The first-order chi connectivity index (χ1) is 20.7. The van der Waals surface area contributed by atoms with Crippen LogP contribution in [0, 0.1) is 19.7 Å². The number of rotatable bonds is 6. The van der Waals surface area contributed by atoms with E-state index in [1.54, 1.807) is 44.2 Å². The maximum absolute atomic E-state index is 13.9. The van der Waals surface area contributed by atoms with Gasteiger partial charge in [0.1, 0.15) is 17.3 Å². The molecular weight excluding hydrogens is 565 g/mol. The first-order valence-electron chi connectivity index (χ1n) is 13.8. The van der Waals surface area contributed by atoms with E-state index in [-0.39, 0.29) is 33.9 Å². The van der Waals surface area contributed by atoms with E-state index >= 15 is 0 Å². The number of esters is 1. The van der Waals surface area contributed by atoms with Crippen molar-refractivity contribution in [3.8, 4) is 22.5 Å². The number of halogens is 1. The van der Waals surface area contributed by atoms with Gasteiger partial charge in [0.25, 0.3) is 17.6 Å². The van der Waals surface area contributed by atoms with Gasteiger partial charge in [-0.3, -0.25) is 14.4 Å². The molecule has 0 aliphatic rings. The molecule has 0 saturated heterocycles. The lowest BCUT2D eigenvalue weighted by Crippen LogP contribution is -2.40. The smallest absolute Gasteiger partial charge is 0.379 e. The third kappa shape index (κ3) is 6.54. The standard InChI is InChI=1S/C34H34FN3O6/c1-18-15-24(21-9-8-10-22(16-21)31(40)38-34(3,4)5)28-27(25(17-37-28)29(39)33(42)43-7)19(2)44-30(26(18)32(41)36-6)20-11-13-23(35)14-12-20/h8-17,37H,1-7H3,(H,36,41)(H,38,40). The Kier molecular flexibility index (Phi) is 9.03. The lowest BCUT2D eigenvalue weighted by molar-refractivity contribution is -0.135. The molecule has 2 aromatic heterocycles. The predicted molar refractivity (Wildman–Crippen MR) is 165 cm³/mol. The van der Waals surface area contributed by atoms with E-state index in [4.69, 9.17) is 9.15 Å². The van der Waals surface area contributed by atoms with Crippen molar-refractivity contribution in [1.82, 2.24) is 15.6 Å². The topological polar surface area (TPSA) is 130 Å². The second-order valence-electron chi connectivity index (χ2n) is 11.2. The van der Waals surface area contributed by atoms with Gasteiger partial charge in [-0.2, -0.15) is 0 Å². The summed E-state index contributed by atoms with van der Waals surface area (Å²) in [4.78, 5) is 55.1. The monoisotopic (exact) mass is 599 g/mol. The van der Waals surface area contributed by atoms with E-state index in [9.17, 15) is 23.6 Å². The Morgan fingerprint density at radius 3 is 2.23 bits per heavy atom. The van der Waals surface area contributed by atoms with Gasteiger partial charge in [0.2, 0.25) is 0 Å². The second-order valence-corrected chi connectivity index (χ2v) is 11.2. The van der Waals surface area contributed by atoms with Gasteiger partial charge in [0.15, 0.2) is 0 Å². The van der Waals surface area contributed by atoms with Gasteiger partial charge in [-0.05, 0) is 88.2 Å². The molecule has 3 N–H and O–H groups in total. The Labute approximate surface area is 254 Å². The molecule has 2 aromatic carbocycles. The Morgan fingerprint density at radius 2 is 1.61 bits per heavy atom. The van der Waals surface area contributed by atoms with Crippen LogP contribution in [0.15, 0.2) is 65.2 Å². The van der Waals surface area contributed by atoms with Crippen LogP contribution < -0.4 is 10.6 Å². The van der Waals surface area contributed by atoms with Crippen LogP contribution in [0.25, 0.3) is 33.4 Å². The minimum atomic E-state index is -1.08. The number of hydrogen-bond acceptors (Lipinski definition) is 6. The third-order valence-electron chi connectivity index (χ3n) is 6.84. The van der Waals surface area contributed by atoms with Gasteiger partial charge in [-0.15, -0.1) is 0 Å². The van der Waals surface area contributed by atoms with Gasteiger partial charge < -0.3 is 24.8 Å². The average molecular weight is 600 g/mol. The molecule has 44 heavy (non-hydrogen) atoms. The van der Waals surface area contributed by atoms with Crippen molar-refractivity contribution in [2.75, 3.05) is 14.2 Å². The molecule has 0 fully saturated rings. The number of ketones is 1. The third-order valence-corrected chi connectivity index (χ3v) is 6.84. The molecule has 0 saturated carbocycles. The number of carbonyl (C=O) groups excluding carboxylic acids is 4. The van der Waals surface area contributed by atoms with E-state index in [0.717, 1.165) is 7.11 Å². The number of amides is 2. The van der Waals surface area contributed by atoms with Crippen LogP contribution in [0.4, 0.5) is 4.39 Å². The first-order valence-corrected chi connectivity index (χ1v) is 13.8. The van der Waals surface area contributed by atoms with Gasteiger partial charge in [0.05, 0.1) is 23.8 Å². The van der Waals surface area contributed by atoms with E-state index in [0.29, 0.717) is 33.3 Å². The Bertz CT molecular complexity index is 1840. The van der Waals surface area contributed by atoms with E-state index < -0.39 is 29.0 Å². The summed E-state index contributed by atoms with van der Waals surface area (Å²) in [5, 5.41) is 5.84. The fourth-order valence-corrected chi connectivity index (χ4v) is 4.86. The molecule has 0 aliphatic heterocycles. The summed E-state index contributed by atoms with van der Waals surface area (Å²) in [5.74, 6) is -2.93. The van der Waals surface area contributed by atoms with E-state index in [2.05, 4.69) is 15.6 Å². The summed E-state index contributed by atoms with van der Waals surface area (Å²) in [7, 11) is 2.59. The van der Waals surface area contributed by atoms with Crippen LogP contribution in [0.5, 0.6) is 0 Å². The molecule has 4 aromatic rings. The molecule has 2 amide bonds. The average Bonchev–Trinajstić information content (AvgIpc) is 3.43. The molecule has 0 radical (unpaired) electrons. The number of Topliss-reactive ketones (excluding diaryl/α,β-unsaturated/α-hetero) is 1. The van der Waals surface area contributed by atoms with Crippen molar-refractivity contribution in [3.63, 3.8) is 0 Å². The number of nitrogens with one attached hydrogen (secondary N) is 3. The zero-order valence-corrected chi connectivity index (χ0v) is 25.6. The quantitative estimate of drug-likeness (QED) is 0.137. The van der Waals surface area contributed by atoms with Crippen molar-refractivity contribution >= 4 is 34.5 Å².